The summed E-state index contributed by atoms with van der Waals surface area (Å²) in [4.78, 5) is 0. The van der Waals surface area contributed by atoms with Crippen LogP contribution in [0, 0.1) is 0 Å². The summed E-state index contributed by atoms with van der Waals surface area (Å²) in [5.41, 5.74) is 0. The van der Waals surface area contributed by atoms with E-state index in [1.54, 1.807) is 6.08 Å². The molecule has 0 spiro atoms. The van der Waals surface area contributed by atoms with Gasteiger partial charge in [0, 0.05) is 13.2 Å². The topological polar surface area (TPSA) is 42.0 Å². The maximum Gasteiger partial charge on any atom is 0.107 e. The molecule has 13 heavy (non-hydrogen) atoms. The van der Waals surface area contributed by atoms with Gasteiger partial charge < -0.3 is 14.6 Å². The van der Waals surface area contributed by atoms with Gasteiger partial charge in [-0.25, -0.2) is 0 Å². The van der Waals surface area contributed by atoms with E-state index in [1.807, 2.05) is 13.8 Å². The number of aliphatic hydroxyl groups excluding tert-OH is 1. The van der Waals surface area contributed by atoms with Crippen molar-refractivity contribution in [3.8, 4) is 0 Å². The van der Waals surface area contributed by atoms with Crippen molar-refractivity contribution >= 4 is 0 Å². The van der Waals surface area contributed by atoms with Crippen LogP contribution in [0.25, 0.3) is 0 Å². The molecule has 1 aliphatic heterocycles. The highest BCUT2D eigenvalue weighted by atomic mass is 16.6. The molecule has 78 valence electrons. The summed E-state index contributed by atoms with van der Waals surface area (Å²) in [5.74, 6) is 0. The second kappa shape index (κ2) is 8.23. The number of hydrogen-bond donors (Lipinski definition) is 1. The minimum Gasteiger partial charge on any atom is -0.390 e. The van der Waals surface area contributed by atoms with Gasteiger partial charge in [-0.05, 0) is 20.3 Å². The molecule has 0 aliphatic carbocycles. The minimum absolute atomic E-state index is 0.105. The highest BCUT2D eigenvalue weighted by Gasteiger charge is 2.29. The molecule has 1 aliphatic rings. The lowest BCUT2D eigenvalue weighted by molar-refractivity contribution is 0.138. The quantitative estimate of drug-likeness (QED) is 0.523. The third kappa shape index (κ3) is 7.96. The molecule has 0 aromatic carbocycles. The number of epoxide rings is 1. The second-order valence-electron chi connectivity index (χ2n) is 2.74. The molecular weight excluding hydrogens is 168 g/mol. The van der Waals surface area contributed by atoms with E-state index >= 15 is 0 Å². The Morgan fingerprint density at radius 1 is 1.62 bits per heavy atom. The molecule has 1 N–H and O–H groups in total. The monoisotopic (exact) mass is 188 g/mol. The van der Waals surface area contributed by atoms with Crippen molar-refractivity contribution in [2.24, 2.45) is 0 Å². The summed E-state index contributed by atoms with van der Waals surface area (Å²) in [6.45, 7) is 9.88. The summed E-state index contributed by atoms with van der Waals surface area (Å²) in [7, 11) is 0. The molecular formula is C10H20O3. The average Bonchev–Trinajstić information content (AvgIpc) is 2.89. The zero-order chi connectivity index (χ0) is 10.1. The first-order valence-corrected chi connectivity index (χ1v) is 4.74. The largest absolute Gasteiger partial charge is 0.390 e. The Morgan fingerprint density at radius 2 is 2.15 bits per heavy atom. The van der Waals surface area contributed by atoms with Gasteiger partial charge in [0.1, 0.15) is 6.10 Å². The van der Waals surface area contributed by atoms with Gasteiger partial charge in [0.25, 0.3) is 0 Å². The summed E-state index contributed by atoms with van der Waals surface area (Å²) >= 11 is 0. The molecule has 1 heterocycles. The molecule has 0 amide bonds. The van der Waals surface area contributed by atoms with Crippen LogP contribution in [0.4, 0.5) is 0 Å². The Kier molecular flexibility index (Phi) is 7.99. The van der Waals surface area contributed by atoms with Crippen LogP contribution in [-0.4, -0.2) is 37.1 Å². The normalized spacial score (nSPS) is 21.3. The molecule has 1 saturated heterocycles. The summed E-state index contributed by atoms with van der Waals surface area (Å²) in [5, 5.41) is 8.99. The minimum atomic E-state index is -0.313. The Balaban J connectivity index is 0.000000252. The molecule has 0 aromatic heterocycles. The van der Waals surface area contributed by atoms with Crippen LogP contribution in [0.1, 0.15) is 20.3 Å². The van der Waals surface area contributed by atoms with Crippen LogP contribution in [0.2, 0.25) is 0 Å². The zero-order valence-corrected chi connectivity index (χ0v) is 8.53. The predicted molar refractivity (Wildman–Crippen MR) is 52.7 cm³/mol. The van der Waals surface area contributed by atoms with E-state index in [1.165, 1.54) is 0 Å². The number of rotatable bonds is 5. The molecule has 0 saturated carbocycles. The van der Waals surface area contributed by atoms with Gasteiger partial charge in [-0.1, -0.05) is 6.08 Å². The van der Waals surface area contributed by atoms with Crippen molar-refractivity contribution in [1.29, 1.82) is 0 Å². The molecule has 2 atom stereocenters. The first-order chi connectivity index (χ1) is 6.26. The lowest BCUT2D eigenvalue weighted by Gasteiger charge is -1.99. The molecule has 0 aromatic rings. The maximum atomic E-state index is 8.99. The molecule has 1 rings (SSSR count). The smallest absolute Gasteiger partial charge is 0.107 e. The standard InChI is InChI=1S/C6H10O2.C4H10O/c1-2-3-5(7)6-4-8-6;1-3-5-4-2/h2,5-7H,1,3-4H2;3-4H2,1-2H3. The fraction of sp³-hybridized carbons (Fsp3) is 0.800. The predicted octanol–water partition coefficient (Wildman–Crippen LogP) is 1.36. The first-order valence-electron chi connectivity index (χ1n) is 4.74. The molecule has 0 bridgehead atoms. The van der Waals surface area contributed by atoms with Crippen LogP contribution in [-0.2, 0) is 9.47 Å². The highest BCUT2D eigenvalue weighted by molar-refractivity contribution is 4.83. The second-order valence-corrected chi connectivity index (χ2v) is 2.74. The third-order valence-corrected chi connectivity index (χ3v) is 1.60. The van der Waals surface area contributed by atoms with E-state index in [0.29, 0.717) is 6.42 Å². The van der Waals surface area contributed by atoms with Gasteiger partial charge >= 0.3 is 0 Å². The van der Waals surface area contributed by atoms with Crippen molar-refractivity contribution in [3.05, 3.63) is 12.7 Å². The van der Waals surface area contributed by atoms with Gasteiger partial charge in [0.15, 0.2) is 0 Å². The van der Waals surface area contributed by atoms with E-state index in [0.717, 1.165) is 19.8 Å². The van der Waals surface area contributed by atoms with Crippen molar-refractivity contribution < 1.29 is 14.6 Å². The average molecular weight is 188 g/mol. The van der Waals surface area contributed by atoms with Crippen molar-refractivity contribution in [2.75, 3.05) is 19.8 Å². The molecule has 1 fully saturated rings. The van der Waals surface area contributed by atoms with E-state index in [-0.39, 0.29) is 12.2 Å². The van der Waals surface area contributed by atoms with Crippen molar-refractivity contribution in [2.45, 2.75) is 32.5 Å². The summed E-state index contributed by atoms with van der Waals surface area (Å²) in [6.07, 6.45) is 2.14. The van der Waals surface area contributed by atoms with E-state index in [9.17, 15) is 0 Å². The molecule has 3 nitrogen and oxygen atoms in total. The van der Waals surface area contributed by atoms with Crippen LogP contribution in [0.3, 0.4) is 0 Å². The van der Waals surface area contributed by atoms with E-state index in [2.05, 4.69) is 6.58 Å². The number of aliphatic hydroxyl groups is 1. The fourth-order valence-electron chi connectivity index (χ4n) is 0.804. The lowest BCUT2D eigenvalue weighted by Crippen LogP contribution is -2.12. The lowest BCUT2D eigenvalue weighted by atomic mass is 10.2. The first kappa shape index (κ1) is 12.6. The summed E-state index contributed by atoms with van der Waals surface area (Å²) in [6, 6.07) is 0. The highest BCUT2D eigenvalue weighted by Crippen LogP contribution is 2.15. The zero-order valence-electron chi connectivity index (χ0n) is 8.53. The van der Waals surface area contributed by atoms with E-state index in [4.69, 9.17) is 14.6 Å². The van der Waals surface area contributed by atoms with Crippen LogP contribution in [0.15, 0.2) is 12.7 Å². The summed E-state index contributed by atoms with van der Waals surface area (Å²) < 4.78 is 9.66. The maximum absolute atomic E-state index is 8.99. The van der Waals surface area contributed by atoms with Gasteiger partial charge in [-0.3, -0.25) is 0 Å². The van der Waals surface area contributed by atoms with Crippen LogP contribution < -0.4 is 0 Å². The van der Waals surface area contributed by atoms with E-state index < -0.39 is 0 Å². The van der Waals surface area contributed by atoms with Gasteiger partial charge in [0.2, 0.25) is 0 Å². The SMILES string of the molecule is C=CCC(O)C1CO1.CCOCC. The number of ether oxygens (including phenoxy) is 2. The molecule has 3 heteroatoms. The van der Waals surface area contributed by atoms with Gasteiger partial charge in [-0.2, -0.15) is 0 Å². The van der Waals surface area contributed by atoms with Gasteiger partial charge in [0.05, 0.1) is 12.7 Å². The Hall–Kier alpha value is -0.380. The number of hydrogen-bond acceptors (Lipinski definition) is 3. The Morgan fingerprint density at radius 3 is 2.38 bits per heavy atom. The van der Waals surface area contributed by atoms with Crippen LogP contribution in [0.5, 0.6) is 0 Å². The fourth-order valence-corrected chi connectivity index (χ4v) is 0.804. The van der Waals surface area contributed by atoms with Crippen molar-refractivity contribution in [1.82, 2.24) is 0 Å². The Labute approximate surface area is 80.4 Å². The van der Waals surface area contributed by atoms with Gasteiger partial charge in [-0.15, -0.1) is 6.58 Å². The molecule has 2 unspecified atom stereocenters. The van der Waals surface area contributed by atoms with Crippen molar-refractivity contribution in [3.63, 3.8) is 0 Å². The Bertz CT molecular complexity index is 119. The molecule has 0 radical (unpaired) electrons. The van der Waals surface area contributed by atoms with Crippen LogP contribution >= 0.6 is 0 Å². The third-order valence-electron chi connectivity index (χ3n) is 1.60.